The number of hydrogen-bond acceptors (Lipinski definition) is 3. The van der Waals surface area contributed by atoms with E-state index < -0.39 is 16.4 Å². The van der Waals surface area contributed by atoms with Crippen molar-refractivity contribution >= 4 is 23.0 Å². The molecule has 0 heterocycles. The average molecular weight is 295 g/mol. The molecule has 0 amide bonds. The number of para-hydroxylation sites is 1. The molecule has 0 N–H and O–H groups in total. The summed E-state index contributed by atoms with van der Waals surface area (Å²) in [5.74, 6) is -0.842. The number of nitro groups is 1. The summed E-state index contributed by atoms with van der Waals surface area (Å²) in [4.78, 5) is 11.9. The zero-order chi connectivity index (χ0) is 14.7. The standard InChI is InChI=1S/C14H12ClFN2O2/c1-17(9-10-4-2-5-11(15)8-10)13-7-3-6-12(16)14(13)18(19)20/h2-8H,9H2,1H3. The predicted octanol–water partition coefficient (Wildman–Crippen LogP) is 4.02. The van der Waals surface area contributed by atoms with Crippen LogP contribution in [0.25, 0.3) is 0 Å². The number of nitrogens with zero attached hydrogens (tertiary/aromatic N) is 2. The summed E-state index contributed by atoms with van der Waals surface area (Å²) < 4.78 is 13.6. The topological polar surface area (TPSA) is 46.4 Å². The van der Waals surface area contributed by atoms with Crippen molar-refractivity contribution in [3.63, 3.8) is 0 Å². The molecule has 0 fully saturated rings. The first-order valence-electron chi connectivity index (χ1n) is 5.87. The molecule has 0 aliphatic heterocycles. The van der Waals surface area contributed by atoms with Crippen molar-refractivity contribution in [3.05, 3.63) is 69.0 Å². The van der Waals surface area contributed by atoms with E-state index in [1.54, 1.807) is 30.1 Å². The highest BCUT2D eigenvalue weighted by molar-refractivity contribution is 6.30. The third-order valence-electron chi connectivity index (χ3n) is 2.87. The maximum Gasteiger partial charge on any atom is 0.327 e. The predicted molar refractivity (Wildman–Crippen MR) is 76.6 cm³/mol. The Morgan fingerprint density at radius 2 is 2.00 bits per heavy atom. The number of rotatable bonds is 4. The van der Waals surface area contributed by atoms with Crippen LogP contribution in [0.15, 0.2) is 42.5 Å². The van der Waals surface area contributed by atoms with Crippen LogP contribution in [0.5, 0.6) is 0 Å². The van der Waals surface area contributed by atoms with E-state index in [0.29, 0.717) is 11.6 Å². The van der Waals surface area contributed by atoms with E-state index >= 15 is 0 Å². The van der Waals surface area contributed by atoms with Gasteiger partial charge in [0.2, 0.25) is 5.82 Å². The van der Waals surface area contributed by atoms with Crippen LogP contribution in [-0.4, -0.2) is 12.0 Å². The zero-order valence-electron chi connectivity index (χ0n) is 10.7. The molecule has 104 valence electrons. The minimum atomic E-state index is -0.842. The van der Waals surface area contributed by atoms with Crippen molar-refractivity contribution in [2.75, 3.05) is 11.9 Å². The van der Waals surface area contributed by atoms with E-state index in [1.807, 2.05) is 6.07 Å². The second-order valence-electron chi connectivity index (χ2n) is 4.35. The molecule has 2 aromatic rings. The van der Waals surface area contributed by atoms with E-state index in [-0.39, 0.29) is 5.69 Å². The fourth-order valence-corrected chi connectivity index (χ4v) is 2.20. The second kappa shape index (κ2) is 5.88. The molecule has 0 saturated heterocycles. The van der Waals surface area contributed by atoms with Crippen LogP contribution in [-0.2, 0) is 6.54 Å². The first kappa shape index (κ1) is 14.3. The fourth-order valence-electron chi connectivity index (χ4n) is 1.99. The monoisotopic (exact) mass is 294 g/mol. The second-order valence-corrected chi connectivity index (χ2v) is 4.79. The van der Waals surface area contributed by atoms with Gasteiger partial charge in [0.1, 0.15) is 5.69 Å². The summed E-state index contributed by atoms with van der Waals surface area (Å²) in [7, 11) is 1.67. The van der Waals surface area contributed by atoms with E-state index in [2.05, 4.69) is 0 Å². The molecule has 0 radical (unpaired) electrons. The van der Waals surface area contributed by atoms with Gasteiger partial charge in [-0.3, -0.25) is 10.1 Å². The van der Waals surface area contributed by atoms with Crippen LogP contribution in [0.3, 0.4) is 0 Å². The Kier molecular flexibility index (Phi) is 4.20. The first-order chi connectivity index (χ1) is 9.49. The Morgan fingerprint density at radius 1 is 1.30 bits per heavy atom. The Hall–Kier alpha value is -2.14. The lowest BCUT2D eigenvalue weighted by molar-refractivity contribution is -0.386. The summed E-state index contributed by atoms with van der Waals surface area (Å²) in [6.45, 7) is 0.394. The first-order valence-corrected chi connectivity index (χ1v) is 6.25. The number of halogens is 2. The largest absolute Gasteiger partial charge is 0.365 e. The highest BCUT2D eigenvalue weighted by Crippen LogP contribution is 2.30. The maximum absolute atomic E-state index is 13.6. The van der Waals surface area contributed by atoms with Crippen LogP contribution in [0.2, 0.25) is 5.02 Å². The van der Waals surface area contributed by atoms with Crippen molar-refractivity contribution in [2.45, 2.75) is 6.54 Å². The van der Waals surface area contributed by atoms with Crippen LogP contribution in [0.4, 0.5) is 15.8 Å². The lowest BCUT2D eigenvalue weighted by atomic mass is 10.2. The minimum absolute atomic E-state index is 0.231. The van der Waals surface area contributed by atoms with Gasteiger partial charge in [-0.05, 0) is 29.8 Å². The SMILES string of the molecule is CN(Cc1cccc(Cl)c1)c1cccc(F)c1[N+](=O)[O-]. The molecule has 0 aliphatic rings. The molecule has 2 rings (SSSR count). The van der Waals surface area contributed by atoms with Gasteiger partial charge in [-0.25, -0.2) is 0 Å². The van der Waals surface area contributed by atoms with Gasteiger partial charge >= 0.3 is 5.69 Å². The minimum Gasteiger partial charge on any atom is -0.365 e. The van der Waals surface area contributed by atoms with Crippen LogP contribution < -0.4 is 4.90 Å². The molecule has 0 saturated carbocycles. The van der Waals surface area contributed by atoms with Crippen molar-refractivity contribution < 1.29 is 9.31 Å². The lowest BCUT2D eigenvalue weighted by Gasteiger charge is -2.19. The van der Waals surface area contributed by atoms with Crippen molar-refractivity contribution in [1.29, 1.82) is 0 Å². The lowest BCUT2D eigenvalue weighted by Crippen LogP contribution is -2.18. The van der Waals surface area contributed by atoms with Gasteiger partial charge in [0.15, 0.2) is 0 Å². The summed E-state index contributed by atoms with van der Waals surface area (Å²) in [6.07, 6.45) is 0. The van der Waals surface area contributed by atoms with Crippen LogP contribution in [0, 0.1) is 15.9 Å². The molecule has 0 unspecified atom stereocenters. The third-order valence-corrected chi connectivity index (χ3v) is 3.10. The molecule has 0 aromatic heterocycles. The van der Waals surface area contributed by atoms with Gasteiger partial charge < -0.3 is 4.90 Å². The van der Waals surface area contributed by atoms with Gasteiger partial charge in [0.25, 0.3) is 0 Å². The molecule has 6 heteroatoms. The molecular weight excluding hydrogens is 283 g/mol. The molecule has 0 atom stereocenters. The summed E-state index contributed by atoms with van der Waals surface area (Å²) >= 11 is 5.89. The van der Waals surface area contributed by atoms with Gasteiger partial charge in [0.05, 0.1) is 4.92 Å². The molecule has 0 bridgehead atoms. The third kappa shape index (κ3) is 3.05. The summed E-state index contributed by atoms with van der Waals surface area (Å²) in [6, 6.07) is 11.2. The van der Waals surface area contributed by atoms with Gasteiger partial charge in [0, 0.05) is 18.6 Å². The number of nitro benzene ring substituents is 1. The van der Waals surface area contributed by atoms with E-state index in [1.165, 1.54) is 12.1 Å². The maximum atomic E-state index is 13.6. The zero-order valence-corrected chi connectivity index (χ0v) is 11.5. The quantitative estimate of drug-likeness (QED) is 0.632. The van der Waals surface area contributed by atoms with E-state index in [4.69, 9.17) is 11.6 Å². The molecule has 20 heavy (non-hydrogen) atoms. The van der Waals surface area contributed by atoms with Crippen molar-refractivity contribution in [1.82, 2.24) is 0 Å². The van der Waals surface area contributed by atoms with Crippen molar-refractivity contribution in [2.24, 2.45) is 0 Å². The smallest absolute Gasteiger partial charge is 0.327 e. The Morgan fingerprint density at radius 3 is 2.65 bits per heavy atom. The summed E-state index contributed by atoms with van der Waals surface area (Å²) in [5.41, 5.74) is 0.602. The molecule has 0 spiro atoms. The van der Waals surface area contributed by atoms with Gasteiger partial charge in [-0.2, -0.15) is 4.39 Å². The Labute approximate surface area is 120 Å². The normalized spacial score (nSPS) is 10.3. The molecule has 2 aromatic carbocycles. The molecule has 4 nitrogen and oxygen atoms in total. The van der Waals surface area contributed by atoms with Crippen LogP contribution in [0.1, 0.15) is 5.56 Å². The van der Waals surface area contributed by atoms with E-state index in [0.717, 1.165) is 11.6 Å². The van der Waals surface area contributed by atoms with Gasteiger partial charge in [-0.15, -0.1) is 0 Å². The highest BCUT2D eigenvalue weighted by atomic mass is 35.5. The highest BCUT2D eigenvalue weighted by Gasteiger charge is 2.22. The van der Waals surface area contributed by atoms with Crippen LogP contribution >= 0.6 is 11.6 Å². The Balaban J connectivity index is 2.32. The number of hydrogen-bond donors (Lipinski definition) is 0. The number of benzene rings is 2. The van der Waals surface area contributed by atoms with Gasteiger partial charge in [-0.1, -0.05) is 29.8 Å². The Bertz CT molecular complexity index is 649. The molecular formula is C14H12ClFN2O2. The average Bonchev–Trinajstić information content (AvgIpc) is 2.37. The number of anilines is 1. The fraction of sp³-hybridized carbons (Fsp3) is 0.143. The summed E-state index contributed by atoms with van der Waals surface area (Å²) in [5, 5.41) is 11.6. The van der Waals surface area contributed by atoms with E-state index in [9.17, 15) is 14.5 Å². The molecule has 0 aliphatic carbocycles. The van der Waals surface area contributed by atoms with Crippen molar-refractivity contribution in [3.8, 4) is 0 Å².